The molecular formula is C12H15FIN3. The molecule has 0 aliphatic heterocycles. The number of hydrogen-bond donors (Lipinski definition) is 1. The van der Waals surface area contributed by atoms with Gasteiger partial charge in [0.15, 0.2) is 0 Å². The van der Waals surface area contributed by atoms with Gasteiger partial charge in [0.2, 0.25) is 5.95 Å². The predicted molar refractivity (Wildman–Crippen MR) is 76.4 cm³/mol. The number of imidazole rings is 1. The molecule has 0 fully saturated rings. The van der Waals surface area contributed by atoms with E-state index in [0.29, 0.717) is 9.52 Å². The van der Waals surface area contributed by atoms with E-state index in [4.69, 9.17) is 5.73 Å². The number of halogens is 2. The van der Waals surface area contributed by atoms with Gasteiger partial charge >= 0.3 is 0 Å². The SMILES string of the molecule is CCCC(C)n1c(N)nc2cc(I)c(F)cc21. The second kappa shape index (κ2) is 4.80. The molecule has 0 saturated carbocycles. The van der Waals surface area contributed by atoms with Gasteiger partial charge in [0.1, 0.15) is 5.82 Å². The summed E-state index contributed by atoms with van der Waals surface area (Å²) in [7, 11) is 0. The first-order chi connectivity index (χ1) is 8.04. The molecule has 1 heterocycles. The van der Waals surface area contributed by atoms with Crippen molar-refractivity contribution in [2.75, 3.05) is 5.73 Å². The van der Waals surface area contributed by atoms with Crippen molar-refractivity contribution in [2.45, 2.75) is 32.7 Å². The number of fused-ring (bicyclic) bond motifs is 1. The number of anilines is 1. The highest BCUT2D eigenvalue weighted by molar-refractivity contribution is 14.1. The first-order valence-electron chi connectivity index (χ1n) is 5.67. The van der Waals surface area contributed by atoms with Gasteiger partial charge in [-0.25, -0.2) is 9.37 Å². The lowest BCUT2D eigenvalue weighted by Gasteiger charge is -2.14. The molecule has 0 spiro atoms. The second-order valence-corrected chi connectivity index (χ2v) is 5.39. The van der Waals surface area contributed by atoms with Crippen LogP contribution in [0.25, 0.3) is 11.0 Å². The Morgan fingerprint density at radius 2 is 2.24 bits per heavy atom. The summed E-state index contributed by atoms with van der Waals surface area (Å²) in [6.07, 6.45) is 2.07. The summed E-state index contributed by atoms with van der Waals surface area (Å²) in [5.74, 6) is 0.241. The maximum Gasteiger partial charge on any atom is 0.201 e. The van der Waals surface area contributed by atoms with E-state index in [1.165, 1.54) is 6.07 Å². The van der Waals surface area contributed by atoms with E-state index in [-0.39, 0.29) is 11.9 Å². The molecule has 1 aromatic heterocycles. The van der Waals surface area contributed by atoms with Gasteiger partial charge in [-0.1, -0.05) is 13.3 Å². The first kappa shape index (κ1) is 12.6. The van der Waals surface area contributed by atoms with Gasteiger partial charge in [0, 0.05) is 12.1 Å². The summed E-state index contributed by atoms with van der Waals surface area (Å²) in [4.78, 5) is 4.29. The molecule has 92 valence electrons. The van der Waals surface area contributed by atoms with E-state index >= 15 is 0 Å². The van der Waals surface area contributed by atoms with Gasteiger partial charge in [-0.15, -0.1) is 0 Å². The Morgan fingerprint density at radius 1 is 1.53 bits per heavy atom. The molecule has 17 heavy (non-hydrogen) atoms. The Kier molecular flexibility index (Phi) is 3.56. The maximum atomic E-state index is 13.6. The molecule has 0 radical (unpaired) electrons. The fraction of sp³-hybridized carbons (Fsp3) is 0.417. The fourth-order valence-electron chi connectivity index (χ4n) is 2.12. The van der Waals surface area contributed by atoms with Crippen molar-refractivity contribution in [3.05, 3.63) is 21.5 Å². The van der Waals surface area contributed by atoms with Crippen molar-refractivity contribution in [2.24, 2.45) is 0 Å². The highest BCUT2D eigenvalue weighted by Crippen LogP contribution is 2.27. The van der Waals surface area contributed by atoms with Crippen molar-refractivity contribution in [1.82, 2.24) is 9.55 Å². The summed E-state index contributed by atoms with van der Waals surface area (Å²) < 4.78 is 16.1. The Hall–Kier alpha value is -0.850. The van der Waals surface area contributed by atoms with Crippen LogP contribution in [-0.4, -0.2) is 9.55 Å². The van der Waals surface area contributed by atoms with E-state index in [9.17, 15) is 4.39 Å². The van der Waals surface area contributed by atoms with Crippen LogP contribution >= 0.6 is 22.6 Å². The first-order valence-corrected chi connectivity index (χ1v) is 6.75. The third-order valence-corrected chi connectivity index (χ3v) is 3.73. The topological polar surface area (TPSA) is 43.8 Å². The van der Waals surface area contributed by atoms with Crippen molar-refractivity contribution in [3.63, 3.8) is 0 Å². The molecule has 0 aliphatic carbocycles. The zero-order valence-electron chi connectivity index (χ0n) is 9.87. The lowest BCUT2D eigenvalue weighted by Crippen LogP contribution is -2.08. The molecule has 2 aromatic rings. The lowest BCUT2D eigenvalue weighted by atomic mass is 10.2. The molecule has 0 saturated heterocycles. The Morgan fingerprint density at radius 3 is 2.88 bits per heavy atom. The number of nitrogen functional groups attached to an aromatic ring is 1. The number of benzene rings is 1. The van der Waals surface area contributed by atoms with Gasteiger partial charge in [-0.3, -0.25) is 0 Å². The van der Waals surface area contributed by atoms with Gasteiger partial charge in [-0.05, 0) is 42.0 Å². The molecule has 0 amide bonds. The van der Waals surface area contributed by atoms with Crippen LogP contribution < -0.4 is 5.73 Å². The van der Waals surface area contributed by atoms with Crippen LogP contribution in [0.3, 0.4) is 0 Å². The van der Waals surface area contributed by atoms with Crippen LogP contribution in [0.5, 0.6) is 0 Å². The van der Waals surface area contributed by atoms with Crippen LogP contribution in [0, 0.1) is 9.39 Å². The zero-order valence-corrected chi connectivity index (χ0v) is 12.0. The van der Waals surface area contributed by atoms with E-state index in [2.05, 4.69) is 18.8 Å². The third kappa shape index (κ3) is 2.25. The average Bonchev–Trinajstić information content (AvgIpc) is 2.55. The van der Waals surface area contributed by atoms with Crippen LogP contribution in [-0.2, 0) is 0 Å². The lowest BCUT2D eigenvalue weighted by molar-refractivity contribution is 0.517. The standard InChI is InChI=1S/C12H15FIN3/c1-3-4-7(2)17-11-5-8(13)9(14)6-10(11)16-12(17)15/h5-7H,3-4H2,1-2H3,(H2,15,16). The highest BCUT2D eigenvalue weighted by Gasteiger charge is 2.15. The number of hydrogen-bond acceptors (Lipinski definition) is 2. The maximum absolute atomic E-state index is 13.6. The van der Waals surface area contributed by atoms with E-state index in [1.807, 2.05) is 27.2 Å². The molecule has 3 nitrogen and oxygen atoms in total. The quantitative estimate of drug-likeness (QED) is 0.860. The van der Waals surface area contributed by atoms with Crippen LogP contribution in [0.2, 0.25) is 0 Å². The Bertz CT molecular complexity index is 550. The van der Waals surface area contributed by atoms with Crippen LogP contribution in [0.1, 0.15) is 32.7 Å². The van der Waals surface area contributed by atoms with Gasteiger partial charge < -0.3 is 10.3 Å². The molecule has 1 atom stereocenters. The summed E-state index contributed by atoms with van der Waals surface area (Å²) in [6, 6.07) is 3.49. The van der Waals surface area contributed by atoms with Crippen molar-refractivity contribution in [3.8, 4) is 0 Å². The largest absolute Gasteiger partial charge is 0.369 e. The van der Waals surface area contributed by atoms with Crippen LogP contribution in [0.4, 0.5) is 10.3 Å². The second-order valence-electron chi connectivity index (χ2n) is 4.23. The monoisotopic (exact) mass is 347 g/mol. The van der Waals surface area contributed by atoms with Crippen molar-refractivity contribution in [1.29, 1.82) is 0 Å². The third-order valence-electron chi connectivity index (χ3n) is 2.91. The molecule has 2 N–H and O–H groups in total. The number of nitrogens with two attached hydrogens (primary N) is 1. The Labute approximate surface area is 113 Å². The minimum absolute atomic E-state index is 0.219. The summed E-state index contributed by atoms with van der Waals surface area (Å²) in [5, 5.41) is 0. The minimum Gasteiger partial charge on any atom is -0.369 e. The molecule has 1 aromatic carbocycles. The molecule has 0 aliphatic rings. The number of rotatable bonds is 3. The van der Waals surface area contributed by atoms with Crippen molar-refractivity contribution < 1.29 is 4.39 Å². The smallest absolute Gasteiger partial charge is 0.201 e. The van der Waals surface area contributed by atoms with E-state index < -0.39 is 0 Å². The minimum atomic E-state index is -0.219. The zero-order chi connectivity index (χ0) is 12.6. The van der Waals surface area contributed by atoms with E-state index in [1.54, 1.807) is 6.07 Å². The van der Waals surface area contributed by atoms with Crippen LogP contribution in [0.15, 0.2) is 12.1 Å². The molecule has 1 unspecified atom stereocenters. The molecule has 0 bridgehead atoms. The average molecular weight is 347 g/mol. The summed E-state index contributed by atoms with van der Waals surface area (Å²) in [6.45, 7) is 4.20. The predicted octanol–water partition coefficient (Wildman–Crippen LogP) is 3.72. The molecule has 5 heteroatoms. The fourth-order valence-corrected chi connectivity index (χ4v) is 2.57. The van der Waals surface area contributed by atoms with Gasteiger partial charge in [0.05, 0.1) is 14.6 Å². The molecule has 2 rings (SSSR count). The number of nitrogens with zero attached hydrogens (tertiary/aromatic N) is 2. The number of aromatic nitrogens is 2. The summed E-state index contributed by atoms with van der Waals surface area (Å²) >= 11 is 1.96. The highest BCUT2D eigenvalue weighted by atomic mass is 127. The van der Waals surface area contributed by atoms with Gasteiger partial charge in [-0.2, -0.15) is 0 Å². The normalized spacial score (nSPS) is 13.2. The Balaban J connectivity index is 2.62. The van der Waals surface area contributed by atoms with Gasteiger partial charge in [0.25, 0.3) is 0 Å². The van der Waals surface area contributed by atoms with Crippen molar-refractivity contribution >= 4 is 39.6 Å². The summed E-state index contributed by atoms with van der Waals surface area (Å²) in [5.41, 5.74) is 7.45. The van der Waals surface area contributed by atoms with E-state index in [0.717, 1.165) is 23.9 Å². The molecular weight excluding hydrogens is 332 g/mol.